The molecule has 2 rings (SSSR count). The van der Waals surface area contributed by atoms with Gasteiger partial charge in [0.25, 0.3) is 0 Å². The second kappa shape index (κ2) is 6.41. The number of rotatable bonds is 4. The van der Waals surface area contributed by atoms with Gasteiger partial charge in [-0.05, 0) is 47.5 Å². The van der Waals surface area contributed by atoms with E-state index in [2.05, 4.69) is 26.3 Å². The monoisotopic (exact) mass is 355 g/mol. The molecule has 4 nitrogen and oxygen atoms in total. The predicted octanol–water partition coefficient (Wildman–Crippen LogP) is 3.94. The van der Waals surface area contributed by atoms with Crippen LogP contribution in [0.4, 0.5) is 5.69 Å². The first-order valence-electron chi connectivity index (χ1n) is 6.21. The molecule has 6 heteroatoms. The van der Waals surface area contributed by atoms with Crippen molar-refractivity contribution in [3.05, 3.63) is 45.1 Å². The van der Waals surface area contributed by atoms with E-state index in [9.17, 15) is 4.79 Å². The lowest BCUT2D eigenvalue weighted by molar-refractivity contribution is -0.116. The smallest absolute Gasteiger partial charge is 0.226 e. The Kier molecular flexibility index (Phi) is 4.83. The second-order valence-electron chi connectivity index (χ2n) is 4.58. The van der Waals surface area contributed by atoms with Gasteiger partial charge in [-0.3, -0.25) is 9.48 Å². The van der Waals surface area contributed by atoms with Gasteiger partial charge in [0, 0.05) is 29.9 Å². The summed E-state index contributed by atoms with van der Waals surface area (Å²) in [6, 6.07) is 5.44. The number of hydrogen-bond acceptors (Lipinski definition) is 2. The number of benzene rings is 1. The maximum atomic E-state index is 11.9. The Morgan fingerprint density at radius 3 is 2.85 bits per heavy atom. The van der Waals surface area contributed by atoms with Crippen LogP contribution in [0.25, 0.3) is 0 Å². The molecule has 0 unspecified atom stereocenters. The van der Waals surface area contributed by atoms with Gasteiger partial charge in [-0.25, -0.2) is 0 Å². The molecule has 1 heterocycles. The van der Waals surface area contributed by atoms with E-state index >= 15 is 0 Å². The van der Waals surface area contributed by atoms with E-state index in [4.69, 9.17) is 11.6 Å². The molecule has 0 bridgehead atoms. The SMILES string of the molecule is Cc1ccc(Cl)cc1NC(=O)CCn1cc(Br)c(C)n1. The van der Waals surface area contributed by atoms with Crippen molar-refractivity contribution < 1.29 is 4.79 Å². The third-order valence-electron chi connectivity index (χ3n) is 2.93. The van der Waals surface area contributed by atoms with Crippen molar-refractivity contribution in [1.82, 2.24) is 9.78 Å². The van der Waals surface area contributed by atoms with Gasteiger partial charge in [-0.2, -0.15) is 5.10 Å². The van der Waals surface area contributed by atoms with Crippen LogP contribution in [0.15, 0.2) is 28.9 Å². The molecular formula is C14H15BrClN3O. The molecule has 2 aromatic rings. The summed E-state index contributed by atoms with van der Waals surface area (Å²) in [4.78, 5) is 11.9. The molecule has 0 spiro atoms. The van der Waals surface area contributed by atoms with Crippen LogP contribution in [-0.2, 0) is 11.3 Å². The first-order chi connectivity index (χ1) is 9.45. The van der Waals surface area contributed by atoms with Crippen molar-refractivity contribution in [2.75, 3.05) is 5.32 Å². The van der Waals surface area contributed by atoms with Gasteiger partial charge in [0.15, 0.2) is 0 Å². The molecular weight excluding hydrogens is 342 g/mol. The highest BCUT2D eigenvalue weighted by Gasteiger charge is 2.07. The average Bonchev–Trinajstić information content (AvgIpc) is 2.71. The lowest BCUT2D eigenvalue weighted by Gasteiger charge is -2.08. The molecule has 20 heavy (non-hydrogen) atoms. The molecule has 106 valence electrons. The Labute approximate surface area is 131 Å². The van der Waals surface area contributed by atoms with Crippen LogP contribution in [0.1, 0.15) is 17.7 Å². The summed E-state index contributed by atoms with van der Waals surface area (Å²) in [7, 11) is 0. The summed E-state index contributed by atoms with van der Waals surface area (Å²) in [5.74, 6) is -0.0559. The molecule has 1 N–H and O–H groups in total. The molecule has 1 aromatic heterocycles. The summed E-state index contributed by atoms with van der Waals surface area (Å²) < 4.78 is 2.70. The van der Waals surface area contributed by atoms with Gasteiger partial charge in [0.05, 0.1) is 10.2 Å². The van der Waals surface area contributed by atoms with E-state index in [1.807, 2.05) is 26.1 Å². The van der Waals surface area contributed by atoms with E-state index in [-0.39, 0.29) is 5.91 Å². The topological polar surface area (TPSA) is 46.9 Å². The maximum Gasteiger partial charge on any atom is 0.226 e. The highest BCUT2D eigenvalue weighted by Crippen LogP contribution is 2.20. The van der Waals surface area contributed by atoms with Crippen LogP contribution in [0.2, 0.25) is 5.02 Å². The van der Waals surface area contributed by atoms with Gasteiger partial charge in [-0.15, -0.1) is 0 Å². The zero-order valence-electron chi connectivity index (χ0n) is 11.3. The number of nitrogens with one attached hydrogen (secondary N) is 1. The van der Waals surface area contributed by atoms with E-state index in [1.165, 1.54) is 0 Å². The van der Waals surface area contributed by atoms with E-state index in [0.717, 1.165) is 21.4 Å². The lowest BCUT2D eigenvalue weighted by Crippen LogP contribution is -2.15. The fourth-order valence-corrected chi connectivity index (χ4v) is 2.25. The Hall–Kier alpha value is -1.33. The van der Waals surface area contributed by atoms with Crippen LogP contribution in [0, 0.1) is 13.8 Å². The molecule has 0 atom stereocenters. The number of nitrogens with zero attached hydrogens (tertiary/aromatic N) is 2. The summed E-state index contributed by atoms with van der Waals surface area (Å²) >= 11 is 9.32. The van der Waals surface area contributed by atoms with Gasteiger partial charge in [0.2, 0.25) is 5.91 Å². The number of carbonyl (C=O) groups excluding carboxylic acids is 1. The second-order valence-corrected chi connectivity index (χ2v) is 5.87. The van der Waals surface area contributed by atoms with E-state index < -0.39 is 0 Å². The average molecular weight is 357 g/mol. The van der Waals surface area contributed by atoms with E-state index in [1.54, 1.807) is 16.8 Å². The number of aryl methyl sites for hydroxylation is 3. The quantitative estimate of drug-likeness (QED) is 0.902. The third kappa shape index (κ3) is 3.84. The molecule has 0 aliphatic carbocycles. The Morgan fingerprint density at radius 2 is 2.20 bits per heavy atom. The number of halogens is 2. The van der Waals surface area contributed by atoms with Gasteiger partial charge < -0.3 is 5.32 Å². The van der Waals surface area contributed by atoms with Gasteiger partial charge in [0.1, 0.15) is 0 Å². The molecule has 0 saturated carbocycles. The highest BCUT2D eigenvalue weighted by atomic mass is 79.9. The zero-order chi connectivity index (χ0) is 14.7. The van der Waals surface area contributed by atoms with Crippen molar-refractivity contribution in [3.8, 4) is 0 Å². The summed E-state index contributed by atoms with van der Waals surface area (Å²) in [5, 5.41) is 7.76. The molecule has 0 fully saturated rings. The van der Waals surface area contributed by atoms with Crippen LogP contribution < -0.4 is 5.32 Å². The van der Waals surface area contributed by atoms with Crippen molar-refractivity contribution in [1.29, 1.82) is 0 Å². The number of aromatic nitrogens is 2. The van der Waals surface area contributed by atoms with E-state index in [0.29, 0.717) is 18.0 Å². The van der Waals surface area contributed by atoms with Crippen LogP contribution in [-0.4, -0.2) is 15.7 Å². The molecule has 0 aliphatic heterocycles. The summed E-state index contributed by atoms with van der Waals surface area (Å²) in [6.07, 6.45) is 2.23. The number of anilines is 1. The van der Waals surface area contributed by atoms with Crippen LogP contribution in [0.5, 0.6) is 0 Å². The zero-order valence-corrected chi connectivity index (χ0v) is 13.6. The Balaban J connectivity index is 1.94. The number of amides is 1. The van der Waals surface area contributed by atoms with Gasteiger partial charge in [-0.1, -0.05) is 17.7 Å². The Morgan fingerprint density at radius 1 is 1.45 bits per heavy atom. The molecule has 1 amide bonds. The summed E-state index contributed by atoms with van der Waals surface area (Å²) in [6.45, 7) is 4.38. The number of carbonyl (C=O) groups is 1. The fourth-order valence-electron chi connectivity index (χ4n) is 1.77. The van der Waals surface area contributed by atoms with Crippen LogP contribution in [0.3, 0.4) is 0 Å². The maximum absolute atomic E-state index is 11.9. The molecule has 0 saturated heterocycles. The largest absolute Gasteiger partial charge is 0.326 e. The third-order valence-corrected chi connectivity index (χ3v) is 3.94. The molecule has 0 aliphatic rings. The minimum atomic E-state index is -0.0559. The van der Waals surface area contributed by atoms with Crippen molar-refractivity contribution in [3.63, 3.8) is 0 Å². The summed E-state index contributed by atoms with van der Waals surface area (Å²) in [5.41, 5.74) is 2.65. The minimum Gasteiger partial charge on any atom is -0.326 e. The minimum absolute atomic E-state index is 0.0559. The van der Waals surface area contributed by atoms with Crippen molar-refractivity contribution in [2.24, 2.45) is 0 Å². The normalized spacial score (nSPS) is 10.6. The highest BCUT2D eigenvalue weighted by molar-refractivity contribution is 9.10. The lowest BCUT2D eigenvalue weighted by atomic mass is 10.2. The molecule has 1 aromatic carbocycles. The molecule has 0 radical (unpaired) electrons. The van der Waals surface area contributed by atoms with Gasteiger partial charge >= 0.3 is 0 Å². The first kappa shape index (κ1) is 15.1. The first-order valence-corrected chi connectivity index (χ1v) is 7.38. The van der Waals surface area contributed by atoms with Crippen LogP contribution >= 0.6 is 27.5 Å². The standard InChI is InChI=1S/C14H15BrClN3O/c1-9-3-4-11(16)7-13(9)17-14(20)5-6-19-8-12(15)10(2)18-19/h3-4,7-8H,5-6H2,1-2H3,(H,17,20). The van der Waals surface area contributed by atoms with Crippen molar-refractivity contribution >= 4 is 39.1 Å². The Bertz CT molecular complexity index is 620. The van der Waals surface area contributed by atoms with Crippen molar-refractivity contribution in [2.45, 2.75) is 26.8 Å². The number of hydrogen-bond donors (Lipinski definition) is 1. The predicted molar refractivity (Wildman–Crippen MR) is 84.1 cm³/mol. The fraction of sp³-hybridized carbons (Fsp3) is 0.286.